The minimum Gasteiger partial charge on any atom is -0.382 e. The molecule has 1 aromatic heterocycles. The van der Waals surface area contributed by atoms with Gasteiger partial charge in [0, 0.05) is 13.0 Å². The Morgan fingerprint density at radius 2 is 2.40 bits per heavy atom. The molecule has 1 amide bonds. The number of amides is 1. The molecule has 0 aliphatic heterocycles. The van der Waals surface area contributed by atoms with Gasteiger partial charge in [-0.1, -0.05) is 0 Å². The third-order valence-corrected chi connectivity index (χ3v) is 3.53. The van der Waals surface area contributed by atoms with E-state index in [1.54, 1.807) is 11.8 Å². The quantitative estimate of drug-likeness (QED) is 0.516. The summed E-state index contributed by atoms with van der Waals surface area (Å²) in [6, 6.07) is 0. The molecule has 1 rings (SSSR count). The number of nitrogens with zero attached hydrogens (tertiary/aromatic N) is 1. The molecule has 0 aliphatic rings. The summed E-state index contributed by atoms with van der Waals surface area (Å²) < 4.78 is 4.05. The molecular formula is C8H14N4OS2. The summed E-state index contributed by atoms with van der Waals surface area (Å²) >= 11 is 2.90. The number of carbonyl (C=O) groups excluding carboxylic acids is 1. The molecule has 0 unspecified atom stereocenters. The number of hydrogen-bond acceptors (Lipinski definition) is 6. The fraction of sp³-hybridized carbons (Fsp3) is 0.500. The van der Waals surface area contributed by atoms with Crippen molar-refractivity contribution >= 4 is 40.0 Å². The van der Waals surface area contributed by atoms with Crippen LogP contribution in [-0.4, -0.2) is 23.1 Å². The molecule has 5 N–H and O–H groups in total. The number of carbonyl (C=O) groups is 1. The maximum Gasteiger partial charge on any atom is 0.217 e. The van der Waals surface area contributed by atoms with Crippen molar-refractivity contribution < 1.29 is 4.79 Å². The molecule has 0 saturated carbocycles. The van der Waals surface area contributed by atoms with Crippen LogP contribution < -0.4 is 16.8 Å². The Labute approximate surface area is 96.8 Å². The first kappa shape index (κ1) is 12.1. The van der Waals surface area contributed by atoms with Crippen molar-refractivity contribution in [3.8, 4) is 0 Å². The summed E-state index contributed by atoms with van der Waals surface area (Å²) in [4.78, 5) is 11.5. The first-order valence-electron chi connectivity index (χ1n) is 4.46. The van der Waals surface area contributed by atoms with Crippen molar-refractivity contribution in [2.24, 2.45) is 5.73 Å². The monoisotopic (exact) mass is 246 g/mol. The molecule has 15 heavy (non-hydrogen) atoms. The summed E-state index contributed by atoms with van der Waals surface area (Å²) in [5, 5.41) is 4.15. The Kier molecular flexibility index (Phi) is 4.70. The summed E-state index contributed by atoms with van der Waals surface area (Å²) in [6.07, 6.45) is 3.07. The Hall–Kier alpha value is -0.950. The van der Waals surface area contributed by atoms with Gasteiger partial charge in [0.05, 0.1) is 4.90 Å². The lowest BCUT2D eigenvalue weighted by Gasteiger charge is -2.03. The summed E-state index contributed by atoms with van der Waals surface area (Å²) in [7, 11) is 0. The van der Waals surface area contributed by atoms with E-state index in [-0.39, 0.29) is 5.91 Å². The minimum absolute atomic E-state index is 0.272. The van der Waals surface area contributed by atoms with E-state index in [4.69, 9.17) is 11.5 Å². The number of anilines is 2. The standard InChI is InChI=1S/C8H14N4OS2/c1-14-6-7(10)12-15-8(6)11-4-2-3-5(9)13/h11H,2-4H2,1H3,(H2,9,13)(H2,10,12). The maximum atomic E-state index is 10.5. The fourth-order valence-electron chi connectivity index (χ4n) is 1.07. The Morgan fingerprint density at radius 1 is 1.67 bits per heavy atom. The number of aromatic nitrogens is 1. The topological polar surface area (TPSA) is 94.0 Å². The van der Waals surface area contributed by atoms with Crippen molar-refractivity contribution in [3.63, 3.8) is 0 Å². The van der Waals surface area contributed by atoms with Gasteiger partial charge in [-0.15, -0.1) is 11.8 Å². The number of nitrogens with two attached hydrogens (primary N) is 2. The zero-order valence-corrected chi connectivity index (χ0v) is 10.1. The maximum absolute atomic E-state index is 10.5. The van der Waals surface area contributed by atoms with Gasteiger partial charge >= 0.3 is 0 Å². The highest BCUT2D eigenvalue weighted by atomic mass is 32.2. The third-order valence-electron chi connectivity index (χ3n) is 1.76. The molecule has 1 heterocycles. The SMILES string of the molecule is CSc1c(N)nsc1NCCCC(N)=O. The van der Waals surface area contributed by atoms with Gasteiger partial charge < -0.3 is 16.8 Å². The van der Waals surface area contributed by atoms with E-state index in [9.17, 15) is 4.79 Å². The number of primary amides is 1. The normalized spacial score (nSPS) is 10.2. The van der Waals surface area contributed by atoms with Crippen molar-refractivity contribution in [2.75, 3.05) is 23.9 Å². The second-order valence-electron chi connectivity index (χ2n) is 2.93. The number of nitrogen functional groups attached to an aromatic ring is 1. The largest absolute Gasteiger partial charge is 0.382 e. The molecular weight excluding hydrogens is 232 g/mol. The first-order chi connectivity index (χ1) is 7.15. The van der Waals surface area contributed by atoms with Crippen molar-refractivity contribution in [2.45, 2.75) is 17.7 Å². The van der Waals surface area contributed by atoms with Gasteiger partial charge in [-0.2, -0.15) is 4.37 Å². The van der Waals surface area contributed by atoms with Gasteiger partial charge in [0.25, 0.3) is 0 Å². The van der Waals surface area contributed by atoms with Gasteiger partial charge in [0.1, 0.15) is 5.00 Å². The van der Waals surface area contributed by atoms with Gasteiger partial charge in [-0.25, -0.2) is 0 Å². The van der Waals surface area contributed by atoms with E-state index in [1.165, 1.54) is 11.5 Å². The van der Waals surface area contributed by atoms with Crippen LogP contribution in [0.2, 0.25) is 0 Å². The van der Waals surface area contributed by atoms with E-state index in [1.807, 2.05) is 6.26 Å². The number of hydrogen-bond donors (Lipinski definition) is 3. The molecule has 1 aromatic rings. The lowest BCUT2D eigenvalue weighted by atomic mass is 10.3. The second kappa shape index (κ2) is 5.82. The fourth-order valence-corrected chi connectivity index (χ4v) is 2.64. The highest BCUT2D eigenvalue weighted by molar-refractivity contribution is 7.99. The minimum atomic E-state index is -0.272. The average molecular weight is 246 g/mol. The molecule has 0 aliphatic carbocycles. The van der Waals surface area contributed by atoms with Gasteiger partial charge in [0.2, 0.25) is 5.91 Å². The van der Waals surface area contributed by atoms with Crippen LogP contribution >= 0.6 is 23.3 Å². The average Bonchev–Trinajstić information content (AvgIpc) is 2.53. The van der Waals surface area contributed by atoms with Crippen LogP contribution in [0.3, 0.4) is 0 Å². The van der Waals surface area contributed by atoms with E-state index in [0.717, 1.165) is 16.3 Å². The smallest absolute Gasteiger partial charge is 0.217 e. The van der Waals surface area contributed by atoms with Crippen LogP contribution in [0.25, 0.3) is 0 Å². The van der Waals surface area contributed by atoms with Crippen molar-refractivity contribution in [3.05, 3.63) is 0 Å². The van der Waals surface area contributed by atoms with Crippen molar-refractivity contribution in [1.29, 1.82) is 0 Å². The zero-order chi connectivity index (χ0) is 11.3. The van der Waals surface area contributed by atoms with Gasteiger partial charge in [-0.05, 0) is 24.2 Å². The summed E-state index contributed by atoms with van der Waals surface area (Å²) in [5.41, 5.74) is 10.7. The van der Waals surface area contributed by atoms with Crippen LogP contribution in [0.1, 0.15) is 12.8 Å². The molecule has 0 aromatic carbocycles. The Morgan fingerprint density at radius 3 is 3.00 bits per heavy atom. The Balaban J connectivity index is 2.40. The summed E-state index contributed by atoms with van der Waals surface area (Å²) in [5.74, 6) is 0.288. The molecule has 5 nitrogen and oxygen atoms in total. The van der Waals surface area contributed by atoms with E-state index in [0.29, 0.717) is 18.8 Å². The zero-order valence-electron chi connectivity index (χ0n) is 8.45. The van der Waals surface area contributed by atoms with Crippen LogP contribution in [0.5, 0.6) is 0 Å². The number of thioether (sulfide) groups is 1. The lowest BCUT2D eigenvalue weighted by Crippen LogP contribution is -2.12. The molecule has 0 fully saturated rings. The Bertz CT molecular complexity index is 339. The molecule has 7 heteroatoms. The van der Waals surface area contributed by atoms with Crippen LogP contribution in [-0.2, 0) is 4.79 Å². The predicted molar refractivity (Wildman–Crippen MR) is 65.2 cm³/mol. The molecule has 0 atom stereocenters. The molecule has 0 spiro atoms. The first-order valence-corrected chi connectivity index (χ1v) is 6.46. The second-order valence-corrected chi connectivity index (χ2v) is 4.52. The van der Waals surface area contributed by atoms with Crippen LogP contribution in [0, 0.1) is 0 Å². The van der Waals surface area contributed by atoms with E-state index in [2.05, 4.69) is 9.69 Å². The number of nitrogens with one attached hydrogen (secondary N) is 1. The highest BCUT2D eigenvalue weighted by Crippen LogP contribution is 2.34. The molecule has 0 radical (unpaired) electrons. The lowest BCUT2D eigenvalue weighted by molar-refractivity contribution is -0.118. The molecule has 0 bridgehead atoms. The molecule has 0 saturated heterocycles. The predicted octanol–water partition coefficient (Wildman–Crippen LogP) is 1.12. The van der Waals surface area contributed by atoms with Gasteiger partial charge in [-0.3, -0.25) is 4.79 Å². The van der Waals surface area contributed by atoms with E-state index >= 15 is 0 Å². The molecule has 84 valence electrons. The van der Waals surface area contributed by atoms with Crippen LogP contribution in [0.4, 0.5) is 10.8 Å². The number of rotatable bonds is 6. The van der Waals surface area contributed by atoms with E-state index < -0.39 is 0 Å². The van der Waals surface area contributed by atoms with Crippen LogP contribution in [0.15, 0.2) is 4.90 Å². The van der Waals surface area contributed by atoms with Gasteiger partial charge in [0.15, 0.2) is 5.82 Å². The van der Waals surface area contributed by atoms with Crippen molar-refractivity contribution in [1.82, 2.24) is 4.37 Å². The summed E-state index contributed by atoms with van der Waals surface area (Å²) in [6.45, 7) is 0.706. The third kappa shape index (κ3) is 3.60. The highest BCUT2D eigenvalue weighted by Gasteiger charge is 2.09.